The number of carbonyl (C=O) groups is 2. The Balaban J connectivity index is 1.65. The van der Waals surface area contributed by atoms with E-state index in [0.717, 1.165) is 31.2 Å². The van der Waals surface area contributed by atoms with Crippen LogP contribution in [0.1, 0.15) is 52.4 Å². The molecule has 0 unspecified atom stereocenters. The molecule has 0 bridgehead atoms. The Morgan fingerprint density at radius 2 is 2.04 bits per heavy atom. The molecule has 1 aliphatic carbocycles. The van der Waals surface area contributed by atoms with Crippen LogP contribution in [-0.4, -0.2) is 37.5 Å². The molecular formula is C20H20ClN3O4. The summed E-state index contributed by atoms with van der Waals surface area (Å²) in [6.45, 7) is 0.234. The van der Waals surface area contributed by atoms with Gasteiger partial charge in [-0.05, 0) is 54.8 Å². The maximum atomic E-state index is 13.3. The highest BCUT2D eigenvalue weighted by atomic mass is 35.5. The van der Waals surface area contributed by atoms with Gasteiger partial charge in [-0.15, -0.1) is 0 Å². The van der Waals surface area contributed by atoms with E-state index in [4.69, 9.17) is 21.1 Å². The molecule has 7 nitrogen and oxygen atoms in total. The number of furan rings is 1. The predicted octanol–water partition coefficient (Wildman–Crippen LogP) is 4.10. The Bertz CT molecular complexity index is 1050. The molecule has 4 rings (SSSR count). The molecule has 1 saturated carbocycles. The van der Waals surface area contributed by atoms with Crippen LogP contribution in [0, 0.1) is 0 Å². The van der Waals surface area contributed by atoms with Gasteiger partial charge in [0.05, 0.1) is 17.6 Å². The maximum absolute atomic E-state index is 13.3. The first-order valence-corrected chi connectivity index (χ1v) is 9.57. The van der Waals surface area contributed by atoms with E-state index in [2.05, 4.69) is 4.98 Å². The molecule has 1 aromatic carbocycles. The lowest BCUT2D eigenvalue weighted by molar-refractivity contribution is 0.0634. The molecule has 1 aliphatic rings. The quantitative estimate of drug-likeness (QED) is 0.695. The highest BCUT2D eigenvalue weighted by Gasteiger charge is 2.29. The number of amides is 1. The minimum Gasteiger partial charge on any atom is -0.475 e. The third kappa shape index (κ3) is 3.38. The fourth-order valence-corrected chi connectivity index (χ4v) is 3.98. The summed E-state index contributed by atoms with van der Waals surface area (Å²) in [4.78, 5) is 30.5. The van der Waals surface area contributed by atoms with Crippen LogP contribution in [0.5, 0.6) is 0 Å². The van der Waals surface area contributed by atoms with Crippen LogP contribution in [0.4, 0.5) is 0 Å². The lowest BCUT2D eigenvalue weighted by Gasteiger charge is -2.28. The summed E-state index contributed by atoms with van der Waals surface area (Å²) in [7, 11) is 1.82. The van der Waals surface area contributed by atoms with Gasteiger partial charge in [0.2, 0.25) is 11.0 Å². The summed E-state index contributed by atoms with van der Waals surface area (Å²) < 4.78 is 7.14. The van der Waals surface area contributed by atoms with Crippen molar-refractivity contribution in [2.45, 2.75) is 38.3 Å². The summed E-state index contributed by atoms with van der Waals surface area (Å²) in [6, 6.07) is 8.49. The largest absolute Gasteiger partial charge is 0.475 e. The molecule has 0 aliphatic heterocycles. The molecule has 0 radical (unpaired) electrons. The molecule has 0 saturated heterocycles. The van der Waals surface area contributed by atoms with Gasteiger partial charge in [-0.1, -0.05) is 12.8 Å². The van der Waals surface area contributed by atoms with Crippen LogP contribution in [-0.2, 0) is 13.6 Å². The SMILES string of the molecule is Cn1c(Cl)nc2cc(C(=O)N(Cc3ccc(C(=O)O)o3)C3CCCC3)ccc21. The van der Waals surface area contributed by atoms with Crippen molar-refractivity contribution in [2.24, 2.45) is 7.05 Å². The first-order valence-electron chi connectivity index (χ1n) is 9.19. The average molecular weight is 402 g/mol. The number of carbonyl (C=O) groups excluding carboxylic acids is 1. The number of fused-ring (bicyclic) bond motifs is 1. The number of benzene rings is 1. The van der Waals surface area contributed by atoms with E-state index in [1.54, 1.807) is 27.7 Å². The van der Waals surface area contributed by atoms with E-state index >= 15 is 0 Å². The first kappa shape index (κ1) is 18.6. The van der Waals surface area contributed by atoms with Crippen molar-refractivity contribution in [3.05, 3.63) is 52.7 Å². The van der Waals surface area contributed by atoms with Crippen molar-refractivity contribution in [2.75, 3.05) is 0 Å². The second-order valence-electron chi connectivity index (χ2n) is 7.09. The summed E-state index contributed by atoms with van der Waals surface area (Å²) in [5, 5.41) is 9.43. The number of carboxylic acid groups (broad SMARTS) is 1. The number of carboxylic acids is 1. The smallest absolute Gasteiger partial charge is 0.371 e. The number of hydrogen-bond donors (Lipinski definition) is 1. The van der Waals surface area contributed by atoms with Crippen LogP contribution in [0.2, 0.25) is 5.28 Å². The molecule has 146 valence electrons. The standard InChI is InChI=1S/C20H20ClN3O4/c1-23-16-8-6-12(10-15(16)22-20(23)21)18(25)24(13-4-2-3-5-13)11-14-7-9-17(28-14)19(26)27/h6-10,13H,2-5,11H2,1H3,(H,26,27). The van der Waals surface area contributed by atoms with E-state index < -0.39 is 5.97 Å². The van der Waals surface area contributed by atoms with E-state index in [9.17, 15) is 9.59 Å². The van der Waals surface area contributed by atoms with Gasteiger partial charge >= 0.3 is 5.97 Å². The Morgan fingerprint density at radius 3 is 2.71 bits per heavy atom. The van der Waals surface area contributed by atoms with Crippen molar-refractivity contribution in [3.63, 3.8) is 0 Å². The monoisotopic (exact) mass is 401 g/mol. The zero-order valence-corrected chi connectivity index (χ0v) is 16.1. The van der Waals surface area contributed by atoms with Gasteiger partial charge in [-0.3, -0.25) is 4.79 Å². The molecule has 8 heteroatoms. The van der Waals surface area contributed by atoms with Gasteiger partial charge < -0.3 is 19.0 Å². The predicted molar refractivity (Wildman–Crippen MR) is 104 cm³/mol. The third-order valence-corrected chi connectivity index (χ3v) is 5.64. The molecule has 2 heterocycles. The van der Waals surface area contributed by atoms with Crippen molar-refractivity contribution in [1.29, 1.82) is 0 Å². The first-order chi connectivity index (χ1) is 13.4. The van der Waals surface area contributed by atoms with Crippen LogP contribution in [0.3, 0.4) is 0 Å². The molecule has 1 amide bonds. The van der Waals surface area contributed by atoms with E-state index in [0.29, 0.717) is 22.1 Å². The Kier molecular flexibility index (Phi) is 4.85. The number of aryl methyl sites for hydroxylation is 1. The number of hydrogen-bond acceptors (Lipinski definition) is 4. The van der Waals surface area contributed by atoms with Gasteiger partial charge in [0.15, 0.2) is 0 Å². The van der Waals surface area contributed by atoms with Crippen LogP contribution >= 0.6 is 11.6 Å². The van der Waals surface area contributed by atoms with Crippen molar-refractivity contribution >= 4 is 34.5 Å². The minimum atomic E-state index is -1.12. The molecule has 2 aromatic heterocycles. The Morgan fingerprint density at radius 1 is 1.29 bits per heavy atom. The van der Waals surface area contributed by atoms with E-state index in [1.807, 2.05) is 13.1 Å². The fourth-order valence-electron chi connectivity index (χ4n) is 3.80. The molecular weight excluding hydrogens is 382 g/mol. The number of nitrogens with zero attached hydrogens (tertiary/aromatic N) is 3. The number of rotatable bonds is 5. The third-order valence-electron chi connectivity index (χ3n) is 5.30. The lowest BCUT2D eigenvalue weighted by atomic mass is 10.1. The summed E-state index contributed by atoms with van der Waals surface area (Å²) in [6.07, 6.45) is 4.00. The second-order valence-corrected chi connectivity index (χ2v) is 7.42. The highest BCUT2D eigenvalue weighted by molar-refractivity contribution is 6.29. The molecule has 0 spiro atoms. The molecule has 1 fully saturated rings. The minimum absolute atomic E-state index is 0.105. The summed E-state index contributed by atoms with van der Waals surface area (Å²) >= 11 is 6.08. The van der Waals surface area contributed by atoms with Gasteiger partial charge in [0, 0.05) is 18.7 Å². The maximum Gasteiger partial charge on any atom is 0.371 e. The number of aromatic carboxylic acids is 1. The van der Waals surface area contributed by atoms with Gasteiger partial charge in [0.25, 0.3) is 5.91 Å². The molecule has 1 N–H and O–H groups in total. The summed E-state index contributed by atoms with van der Waals surface area (Å²) in [5.41, 5.74) is 2.04. The topological polar surface area (TPSA) is 88.6 Å². The number of halogens is 1. The lowest BCUT2D eigenvalue weighted by Crippen LogP contribution is -2.38. The van der Waals surface area contributed by atoms with Crippen molar-refractivity contribution in [3.8, 4) is 0 Å². The van der Waals surface area contributed by atoms with Crippen LogP contribution < -0.4 is 0 Å². The van der Waals surface area contributed by atoms with Crippen molar-refractivity contribution in [1.82, 2.24) is 14.5 Å². The van der Waals surface area contributed by atoms with Gasteiger partial charge in [-0.2, -0.15) is 0 Å². The van der Waals surface area contributed by atoms with Gasteiger partial charge in [0.1, 0.15) is 5.76 Å². The second kappa shape index (κ2) is 7.31. The Hall–Kier alpha value is -2.80. The zero-order valence-electron chi connectivity index (χ0n) is 15.4. The van der Waals surface area contributed by atoms with Crippen LogP contribution in [0.15, 0.2) is 34.7 Å². The molecule has 28 heavy (non-hydrogen) atoms. The normalized spacial score (nSPS) is 14.6. The fraction of sp³-hybridized carbons (Fsp3) is 0.350. The molecule has 3 aromatic rings. The van der Waals surface area contributed by atoms with Crippen LogP contribution in [0.25, 0.3) is 11.0 Å². The molecule has 0 atom stereocenters. The van der Waals surface area contributed by atoms with Crippen molar-refractivity contribution < 1.29 is 19.1 Å². The number of aromatic nitrogens is 2. The Labute approximate surface area is 166 Å². The zero-order chi connectivity index (χ0) is 19.8. The average Bonchev–Trinajstić information content (AvgIpc) is 3.41. The van der Waals surface area contributed by atoms with E-state index in [-0.39, 0.29) is 24.3 Å². The van der Waals surface area contributed by atoms with Gasteiger partial charge in [-0.25, -0.2) is 9.78 Å². The summed E-state index contributed by atoms with van der Waals surface area (Å²) in [5.74, 6) is -0.913. The van der Waals surface area contributed by atoms with E-state index in [1.165, 1.54) is 6.07 Å². The highest BCUT2D eigenvalue weighted by Crippen LogP contribution is 2.28. The number of imidazole rings is 1.